The molecule has 0 saturated carbocycles. The van der Waals surface area contributed by atoms with E-state index in [2.05, 4.69) is 35.1 Å². The van der Waals surface area contributed by atoms with Crippen LogP contribution in [0.2, 0.25) is 0 Å². The van der Waals surface area contributed by atoms with Crippen LogP contribution in [-0.4, -0.2) is 74.2 Å². The van der Waals surface area contributed by atoms with Crippen molar-refractivity contribution in [2.75, 3.05) is 49.5 Å². The average Bonchev–Trinajstić information content (AvgIpc) is 3.09. The number of hydrogen-bond acceptors (Lipinski definition) is 11. The number of anilines is 3. The molecule has 3 heterocycles. The minimum absolute atomic E-state index is 0.0336. The number of fused-ring (bicyclic) bond motifs is 1. The second-order valence-electron chi connectivity index (χ2n) is 6.61. The van der Waals surface area contributed by atoms with Crippen LogP contribution in [0.4, 0.5) is 22.7 Å². The topological polar surface area (TPSA) is 133 Å². The van der Waals surface area contributed by atoms with Crippen LogP contribution < -0.4 is 10.2 Å². The molecule has 0 amide bonds. The van der Waals surface area contributed by atoms with Gasteiger partial charge in [0.1, 0.15) is 5.82 Å². The Balaban J connectivity index is 1.52. The Labute approximate surface area is 170 Å². The first-order chi connectivity index (χ1) is 14.0. The predicted molar refractivity (Wildman–Crippen MR) is 110 cm³/mol. The molecule has 152 valence electrons. The summed E-state index contributed by atoms with van der Waals surface area (Å²) in [4.78, 5) is 32.6. The molecule has 0 atom stereocenters. The molecule has 1 saturated heterocycles. The molecule has 29 heavy (non-hydrogen) atoms. The highest BCUT2D eigenvalue weighted by Gasteiger charge is 2.20. The zero-order valence-corrected chi connectivity index (χ0v) is 16.6. The number of aromatic nitrogens is 4. The molecule has 2 N–H and O–H groups in total. The van der Waals surface area contributed by atoms with Crippen molar-refractivity contribution in [3.05, 3.63) is 34.1 Å². The van der Waals surface area contributed by atoms with E-state index in [1.54, 1.807) is 13.0 Å². The van der Waals surface area contributed by atoms with Gasteiger partial charge in [-0.15, -0.1) is 0 Å². The summed E-state index contributed by atoms with van der Waals surface area (Å²) in [5, 5.41) is 23.7. The number of β-amino-alcohol motifs (C(OH)–C–C–N with tert-alkyl or cyclic N) is 1. The highest BCUT2D eigenvalue weighted by Crippen LogP contribution is 2.30. The Bertz CT molecular complexity index is 1030. The Morgan fingerprint density at radius 2 is 2.00 bits per heavy atom. The molecule has 0 unspecified atom stereocenters. The van der Waals surface area contributed by atoms with Crippen molar-refractivity contribution in [2.24, 2.45) is 0 Å². The van der Waals surface area contributed by atoms with E-state index in [1.165, 1.54) is 23.5 Å². The number of nitro groups is 1. The molecule has 4 rings (SSSR count). The zero-order chi connectivity index (χ0) is 20.4. The first-order valence-electron chi connectivity index (χ1n) is 9.14. The minimum atomic E-state index is -0.422. The maximum absolute atomic E-state index is 11.0. The number of piperazine rings is 1. The molecule has 0 radical (unpaired) electrons. The zero-order valence-electron chi connectivity index (χ0n) is 15.8. The van der Waals surface area contributed by atoms with E-state index in [0.717, 1.165) is 26.2 Å². The molecule has 1 fully saturated rings. The third kappa shape index (κ3) is 4.39. The lowest BCUT2D eigenvalue weighted by Gasteiger charge is -2.34. The van der Waals surface area contributed by atoms with Crippen molar-refractivity contribution >= 4 is 44.3 Å². The van der Waals surface area contributed by atoms with Crippen LogP contribution in [0.1, 0.15) is 5.82 Å². The maximum Gasteiger partial charge on any atom is 0.270 e. The molecule has 0 aliphatic carbocycles. The number of rotatable bonds is 6. The van der Waals surface area contributed by atoms with Gasteiger partial charge in [0.05, 0.1) is 21.7 Å². The number of non-ortho nitro benzene ring substituents is 1. The van der Waals surface area contributed by atoms with Crippen molar-refractivity contribution in [3.63, 3.8) is 0 Å². The van der Waals surface area contributed by atoms with Crippen LogP contribution >= 0.6 is 11.3 Å². The van der Waals surface area contributed by atoms with Gasteiger partial charge in [0.15, 0.2) is 5.13 Å². The molecule has 12 heteroatoms. The average molecular weight is 416 g/mol. The van der Waals surface area contributed by atoms with E-state index in [9.17, 15) is 10.1 Å². The van der Waals surface area contributed by atoms with Gasteiger partial charge in [-0.25, -0.2) is 4.98 Å². The highest BCUT2D eigenvalue weighted by atomic mass is 32.1. The number of thiazole rings is 1. The number of nitro benzene ring substituents is 1. The molecule has 1 aliphatic rings. The van der Waals surface area contributed by atoms with Crippen LogP contribution in [0.5, 0.6) is 0 Å². The van der Waals surface area contributed by atoms with Crippen molar-refractivity contribution in [1.82, 2.24) is 24.8 Å². The number of hydrogen-bond donors (Lipinski definition) is 2. The van der Waals surface area contributed by atoms with Crippen LogP contribution in [0.25, 0.3) is 10.2 Å². The summed E-state index contributed by atoms with van der Waals surface area (Å²) in [6, 6.07) is 4.58. The van der Waals surface area contributed by atoms with Gasteiger partial charge < -0.3 is 10.0 Å². The molecule has 0 bridgehead atoms. The lowest BCUT2D eigenvalue weighted by atomic mass is 10.3. The Kier molecular flexibility index (Phi) is 5.47. The second kappa shape index (κ2) is 8.19. The van der Waals surface area contributed by atoms with E-state index in [1.807, 2.05) is 0 Å². The second-order valence-corrected chi connectivity index (χ2v) is 7.64. The van der Waals surface area contributed by atoms with Crippen LogP contribution in [-0.2, 0) is 0 Å². The van der Waals surface area contributed by atoms with Crippen molar-refractivity contribution in [2.45, 2.75) is 6.92 Å². The standard InChI is InChI=1S/C17H20N8O3S/c1-11-18-15(21-16(19-11)24-6-4-23(5-7-24)8-9-26)22-17-20-13-3-2-12(25(27)28)10-14(13)29-17/h2-3,10,26H,4-9H2,1H3,(H,18,19,20,21,22). The van der Waals surface area contributed by atoms with Gasteiger partial charge in [0, 0.05) is 44.9 Å². The number of benzene rings is 1. The van der Waals surface area contributed by atoms with E-state index < -0.39 is 4.92 Å². The molecule has 1 aliphatic heterocycles. The van der Waals surface area contributed by atoms with Crippen LogP contribution in [0.15, 0.2) is 18.2 Å². The largest absolute Gasteiger partial charge is 0.395 e. The van der Waals surface area contributed by atoms with Gasteiger partial charge in [-0.1, -0.05) is 11.3 Å². The summed E-state index contributed by atoms with van der Waals surface area (Å²) in [5.74, 6) is 1.58. The van der Waals surface area contributed by atoms with Gasteiger partial charge in [-0.2, -0.15) is 15.0 Å². The number of nitrogens with one attached hydrogen (secondary N) is 1. The third-order valence-electron chi connectivity index (χ3n) is 4.61. The fraction of sp³-hybridized carbons (Fsp3) is 0.412. The molecule has 11 nitrogen and oxygen atoms in total. The first kappa shape index (κ1) is 19.4. The highest BCUT2D eigenvalue weighted by molar-refractivity contribution is 7.22. The maximum atomic E-state index is 11.0. The van der Waals surface area contributed by atoms with Gasteiger partial charge in [-0.05, 0) is 13.0 Å². The Morgan fingerprint density at radius 1 is 1.21 bits per heavy atom. The quantitative estimate of drug-likeness (QED) is 0.450. The summed E-state index contributed by atoms with van der Waals surface area (Å²) in [6.07, 6.45) is 0. The number of aliphatic hydroxyl groups excluding tert-OH is 1. The summed E-state index contributed by atoms with van der Waals surface area (Å²) in [6.45, 7) is 5.85. The lowest BCUT2D eigenvalue weighted by Crippen LogP contribution is -2.47. The first-order valence-corrected chi connectivity index (χ1v) is 9.96. The number of aryl methyl sites for hydroxylation is 1. The number of aliphatic hydroxyl groups is 1. The predicted octanol–water partition coefficient (Wildman–Crippen LogP) is 1.56. The Hall–Kier alpha value is -2.96. The minimum Gasteiger partial charge on any atom is -0.395 e. The van der Waals surface area contributed by atoms with Crippen molar-refractivity contribution < 1.29 is 10.0 Å². The normalized spacial score (nSPS) is 15.0. The van der Waals surface area contributed by atoms with E-state index in [4.69, 9.17) is 5.11 Å². The molecule has 2 aromatic heterocycles. The Morgan fingerprint density at radius 3 is 2.72 bits per heavy atom. The monoisotopic (exact) mass is 416 g/mol. The molecular weight excluding hydrogens is 396 g/mol. The molecule has 1 aromatic carbocycles. The van der Waals surface area contributed by atoms with Crippen LogP contribution in [0, 0.1) is 17.0 Å². The summed E-state index contributed by atoms with van der Waals surface area (Å²) in [7, 11) is 0. The number of nitrogens with zero attached hydrogens (tertiary/aromatic N) is 7. The molecule has 3 aromatic rings. The summed E-state index contributed by atoms with van der Waals surface area (Å²) < 4.78 is 0.715. The summed E-state index contributed by atoms with van der Waals surface area (Å²) >= 11 is 1.31. The molecule has 0 spiro atoms. The molecular formula is C17H20N8O3S. The van der Waals surface area contributed by atoms with Crippen LogP contribution in [0.3, 0.4) is 0 Å². The smallest absolute Gasteiger partial charge is 0.270 e. The summed E-state index contributed by atoms with van der Waals surface area (Å²) in [5.41, 5.74) is 0.709. The SMILES string of the molecule is Cc1nc(Nc2nc3ccc([N+](=O)[O-])cc3s2)nc(N2CCN(CCO)CC2)n1. The van der Waals surface area contributed by atoms with Crippen molar-refractivity contribution in [1.29, 1.82) is 0 Å². The van der Waals surface area contributed by atoms with E-state index >= 15 is 0 Å². The van der Waals surface area contributed by atoms with Crippen molar-refractivity contribution in [3.8, 4) is 0 Å². The fourth-order valence-electron chi connectivity index (χ4n) is 3.15. The van der Waals surface area contributed by atoms with Gasteiger partial charge in [-0.3, -0.25) is 20.3 Å². The third-order valence-corrected chi connectivity index (χ3v) is 5.54. The van der Waals surface area contributed by atoms with Gasteiger partial charge in [0.2, 0.25) is 11.9 Å². The van der Waals surface area contributed by atoms with Gasteiger partial charge >= 0.3 is 0 Å². The fourth-order valence-corrected chi connectivity index (χ4v) is 4.05. The lowest BCUT2D eigenvalue weighted by molar-refractivity contribution is -0.384. The van der Waals surface area contributed by atoms with Gasteiger partial charge in [0.25, 0.3) is 5.69 Å². The van der Waals surface area contributed by atoms with E-state index in [0.29, 0.717) is 39.6 Å². The van der Waals surface area contributed by atoms with E-state index in [-0.39, 0.29) is 12.3 Å².